The molecule has 0 saturated heterocycles. The lowest BCUT2D eigenvalue weighted by Gasteiger charge is -2.39. The normalized spacial score (nSPS) is 13.0. The molecule has 0 aliphatic carbocycles. The number of rotatable bonds is 8. The minimum absolute atomic E-state index is 0.00239. The lowest BCUT2D eigenvalue weighted by atomic mass is 10.1. The van der Waals surface area contributed by atoms with Crippen LogP contribution >= 0.6 is 22.6 Å². The Hall–Kier alpha value is -1.44. The lowest BCUT2D eigenvalue weighted by Crippen LogP contribution is -2.47. The number of amides is 1. The smallest absolute Gasteiger partial charge is 0.255 e. The van der Waals surface area contributed by atoms with Gasteiger partial charge in [0.05, 0.1) is 18.2 Å². The highest BCUT2D eigenvalue weighted by molar-refractivity contribution is 14.1. The molecule has 29 heavy (non-hydrogen) atoms. The molecule has 3 nitrogen and oxygen atoms in total. The van der Waals surface area contributed by atoms with E-state index in [0.717, 1.165) is 9.13 Å². The summed E-state index contributed by atoms with van der Waals surface area (Å²) in [5.41, 5.74) is 1.80. The van der Waals surface area contributed by atoms with Crippen molar-refractivity contribution in [1.82, 2.24) is 4.90 Å². The maximum Gasteiger partial charge on any atom is 0.255 e. The van der Waals surface area contributed by atoms with E-state index < -0.39 is 8.32 Å². The van der Waals surface area contributed by atoms with E-state index in [1.54, 1.807) is 0 Å². The number of nitrogens with zero attached hydrogens (tertiary/aromatic N) is 1. The van der Waals surface area contributed by atoms with Crippen molar-refractivity contribution in [2.45, 2.75) is 51.5 Å². The molecule has 0 heterocycles. The van der Waals surface area contributed by atoms with E-state index in [1.165, 1.54) is 0 Å². The zero-order valence-corrected chi connectivity index (χ0v) is 21.3. The third-order valence-electron chi connectivity index (χ3n) is 5.65. The second kappa shape index (κ2) is 10.0. The van der Waals surface area contributed by atoms with E-state index in [1.807, 2.05) is 65.6 Å². The second-order valence-electron chi connectivity index (χ2n) is 8.77. The van der Waals surface area contributed by atoms with Gasteiger partial charge in [0.15, 0.2) is 8.32 Å². The first-order valence-corrected chi connectivity index (χ1v) is 13.9. The van der Waals surface area contributed by atoms with Crippen molar-refractivity contribution in [3.8, 4) is 0 Å². The Morgan fingerprint density at radius 2 is 1.72 bits per heavy atom. The van der Waals surface area contributed by atoms with Gasteiger partial charge in [-0.3, -0.25) is 4.79 Å². The van der Waals surface area contributed by atoms with Crippen LogP contribution in [0.25, 0.3) is 0 Å². The van der Waals surface area contributed by atoms with Crippen LogP contribution in [-0.4, -0.2) is 31.8 Å². The van der Waals surface area contributed by atoms with E-state index in [-0.39, 0.29) is 17.0 Å². The summed E-state index contributed by atoms with van der Waals surface area (Å²) in [6.45, 7) is 16.1. The zero-order chi connectivity index (χ0) is 21.7. The number of hydrogen-bond donors (Lipinski definition) is 0. The maximum absolute atomic E-state index is 13.5. The van der Waals surface area contributed by atoms with Crippen LogP contribution in [0.5, 0.6) is 0 Å². The molecule has 0 saturated carbocycles. The molecule has 0 spiro atoms. The Balaban J connectivity index is 2.33. The molecule has 0 aliphatic rings. The monoisotopic (exact) mass is 521 g/mol. The van der Waals surface area contributed by atoms with Gasteiger partial charge in [-0.2, -0.15) is 0 Å². The van der Waals surface area contributed by atoms with Crippen molar-refractivity contribution in [2.75, 3.05) is 6.61 Å². The van der Waals surface area contributed by atoms with Gasteiger partial charge in [-0.25, -0.2) is 0 Å². The maximum atomic E-state index is 13.5. The molecule has 2 rings (SSSR count). The summed E-state index contributed by atoms with van der Waals surface area (Å²) in [5, 5.41) is 0.113. The predicted octanol–water partition coefficient (Wildman–Crippen LogP) is 6.51. The third-order valence-corrected chi connectivity index (χ3v) is 11.1. The van der Waals surface area contributed by atoms with Crippen molar-refractivity contribution in [2.24, 2.45) is 0 Å². The van der Waals surface area contributed by atoms with Gasteiger partial charge in [0.25, 0.3) is 5.91 Å². The van der Waals surface area contributed by atoms with Gasteiger partial charge in [0.1, 0.15) is 0 Å². The van der Waals surface area contributed by atoms with Crippen LogP contribution in [0, 0.1) is 3.57 Å². The number of carbonyl (C=O) groups excluding carboxylic acids is 1. The van der Waals surface area contributed by atoms with Gasteiger partial charge >= 0.3 is 0 Å². The number of hydrogen-bond acceptors (Lipinski definition) is 2. The summed E-state index contributed by atoms with van der Waals surface area (Å²) in [5.74, 6) is 0.00239. The summed E-state index contributed by atoms with van der Waals surface area (Å²) >= 11 is 2.22. The van der Waals surface area contributed by atoms with Crippen LogP contribution in [0.3, 0.4) is 0 Å². The van der Waals surface area contributed by atoms with E-state index >= 15 is 0 Å². The van der Waals surface area contributed by atoms with Crippen molar-refractivity contribution in [1.29, 1.82) is 0 Å². The molecule has 0 fully saturated rings. The molecule has 0 N–H and O–H groups in total. The van der Waals surface area contributed by atoms with Crippen LogP contribution < -0.4 is 0 Å². The molecule has 0 bridgehead atoms. The molecule has 0 aliphatic heterocycles. The van der Waals surface area contributed by atoms with Gasteiger partial charge in [0.2, 0.25) is 0 Å². The molecule has 1 unspecified atom stereocenters. The minimum atomic E-state index is -1.93. The van der Waals surface area contributed by atoms with Crippen LogP contribution in [0.2, 0.25) is 18.1 Å². The Labute approximate surface area is 190 Å². The Bertz CT molecular complexity index is 830. The Kier molecular flexibility index (Phi) is 8.25. The molecule has 1 atom stereocenters. The fourth-order valence-electron chi connectivity index (χ4n) is 2.70. The molecule has 2 aromatic rings. The zero-order valence-electron chi connectivity index (χ0n) is 18.1. The summed E-state index contributed by atoms with van der Waals surface area (Å²) in [4.78, 5) is 15.4. The van der Waals surface area contributed by atoms with Crippen LogP contribution in [0.1, 0.15) is 36.7 Å². The average molecular weight is 522 g/mol. The highest BCUT2D eigenvalue weighted by atomic mass is 127. The quantitative estimate of drug-likeness (QED) is 0.225. The number of halogens is 1. The molecule has 1 amide bonds. The lowest BCUT2D eigenvalue weighted by molar-refractivity contribution is 0.0640. The molecule has 0 radical (unpaired) electrons. The van der Waals surface area contributed by atoms with Crippen LogP contribution in [0.15, 0.2) is 67.3 Å². The first-order chi connectivity index (χ1) is 13.6. The first-order valence-electron chi connectivity index (χ1n) is 9.93. The summed E-state index contributed by atoms with van der Waals surface area (Å²) in [6.07, 6.45) is 1.84. The van der Waals surface area contributed by atoms with Crippen molar-refractivity contribution in [3.63, 3.8) is 0 Å². The van der Waals surface area contributed by atoms with E-state index in [2.05, 4.69) is 63.0 Å². The molecule has 156 valence electrons. The molecule has 5 heteroatoms. The molecule has 2 aromatic carbocycles. The molecule has 0 aromatic heterocycles. The SMILES string of the molecule is C=CC(CO[Si](C)(C)C(C)(C)C)N(Cc1ccccc1)C(=O)c1ccccc1I. The fraction of sp³-hybridized carbons (Fsp3) is 0.375. The van der Waals surface area contributed by atoms with E-state index in [9.17, 15) is 4.79 Å². The summed E-state index contributed by atoms with van der Waals surface area (Å²) < 4.78 is 7.40. The van der Waals surface area contributed by atoms with Crippen molar-refractivity contribution >= 4 is 36.8 Å². The topological polar surface area (TPSA) is 29.5 Å². The molecular weight excluding hydrogens is 489 g/mol. The third kappa shape index (κ3) is 6.27. The Morgan fingerprint density at radius 1 is 1.14 bits per heavy atom. The van der Waals surface area contributed by atoms with Gasteiger partial charge in [-0.05, 0) is 58.4 Å². The highest BCUT2D eigenvalue weighted by Gasteiger charge is 2.38. The standard InChI is InChI=1S/C24H32INO2Si/c1-7-20(18-28-29(5,6)24(2,3)4)26(17-19-13-9-8-10-14-19)23(27)21-15-11-12-16-22(21)25/h7-16,20H,1,17-18H2,2-6H3. The number of benzene rings is 2. The predicted molar refractivity (Wildman–Crippen MR) is 133 cm³/mol. The second-order valence-corrected chi connectivity index (χ2v) is 14.7. The average Bonchev–Trinajstić information content (AvgIpc) is 2.67. The van der Waals surface area contributed by atoms with Crippen LogP contribution in [-0.2, 0) is 11.0 Å². The molecular formula is C24H32INO2Si. The number of carbonyl (C=O) groups is 1. The van der Waals surface area contributed by atoms with E-state index in [0.29, 0.717) is 18.7 Å². The van der Waals surface area contributed by atoms with Crippen molar-refractivity contribution < 1.29 is 9.22 Å². The van der Waals surface area contributed by atoms with Gasteiger partial charge in [-0.15, -0.1) is 6.58 Å². The largest absolute Gasteiger partial charge is 0.414 e. The van der Waals surface area contributed by atoms with Gasteiger partial charge in [0, 0.05) is 10.1 Å². The van der Waals surface area contributed by atoms with E-state index in [4.69, 9.17) is 4.43 Å². The minimum Gasteiger partial charge on any atom is -0.414 e. The van der Waals surface area contributed by atoms with Crippen molar-refractivity contribution in [3.05, 3.63) is 81.9 Å². The highest BCUT2D eigenvalue weighted by Crippen LogP contribution is 2.36. The summed E-state index contributed by atoms with van der Waals surface area (Å²) in [7, 11) is -1.93. The van der Waals surface area contributed by atoms with Crippen LogP contribution in [0.4, 0.5) is 0 Å². The summed E-state index contributed by atoms with van der Waals surface area (Å²) in [6, 6.07) is 17.6. The first kappa shape index (κ1) is 23.8. The van der Waals surface area contributed by atoms with Gasteiger partial charge < -0.3 is 9.33 Å². The van der Waals surface area contributed by atoms with Gasteiger partial charge in [-0.1, -0.05) is 69.3 Å². The Morgan fingerprint density at radius 3 is 2.28 bits per heavy atom. The fourth-order valence-corrected chi connectivity index (χ4v) is 4.34.